The number of hydrogen-bond acceptors (Lipinski definition) is 3. The summed E-state index contributed by atoms with van der Waals surface area (Å²) in [6.07, 6.45) is 2.16. The van der Waals surface area contributed by atoms with E-state index in [2.05, 4.69) is 0 Å². The van der Waals surface area contributed by atoms with Crippen molar-refractivity contribution in [1.29, 1.82) is 0 Å². The fourth-order valence-electron chi connectivity index (χ4n) is 2.05. The molecule has 2 rings (SSSR count). The fraction of sp³-hybridized carbons (Fsp3) is 0.417. The van der Waals surface area contributed by atoms with Crippen LogP contribution >= 0.6 is 0 Å². The Kier molecular flexibility index (Phi) is 3.10. The van der Waals surface area contributed by atoms with Gasteiger partial charge in [-0.2, -0.15) is 0 Å². The molecular weight excluding hydrogens is 204 g/mol. The van der Waals surface area contributed by atoms with Crippen LogP contribution in [0.2, 0.25) is 0 Å². The van der Waals surface area contributed by atoms with E-state index in [9.17, 15) is 4.79 Å². The van der Waals surface area contributed by atoms with Crippen molar-refractivity contribution in [1.82, 2.24) is 0 Å². The predicted octanol–water partition coefficient (Wildman–Crippen LogP) is 0.887. The Labute approximate surface area is 94.6 Å². The highest BCUT2D eigenvalue weighted by Gasteiger charge is 2.21. The summed E-state index contributed by atoms with van der Waals surface area (Å²) in [5.41, 5.74) is 13.4. The monoisotopic (exact) mass is 220 g/mol. The van der Waals surface area contributed by atoms with E-state index < -0.39 is 0 Å². The van der Waals surface area contributed by atoms with Gasteiger partial charge in [-0.05, 0) is 30.0 Å². The first-order valence-corrected chi connectivity index (χ1v) is 5.47. The Morgan fingerprint density at radius 1 is 1.50 bits per heavy atom. The maximum Gasteiger partial charge on any atom is 0.220 e. The molecule has 4 heteroatoms. The average Bonchev–Trinajstić information content (AvgIpc) is 2.61. The molecule has 1 unspecified atom stereocenters. The van der Waals surface area contributed by atoms with E-state index in [0.29, 0.717) is 6.61 Å². The van der Waals surface area contributed by atoms with Gasteiger partial charge in [-0.15, -0.1) is 0 Å². The maximum atomic E-state index is 10.6. The van der Waals surface area contributed by atoms with Gasteiger partial charge in [-0.3, -0.25) is 4.79 Å². The van der Waals surface area contributed by atoms with Gasteiger partial charge < -0.3 is 16.2 Å². The van der Waals surface area contributed by atoms with E-state index in [4.69, 9.17) is 16.2 Å². The van der Waals surface area contributed by atoms with Crippen molar-refractivity contribution < 1.29 is 9.53 Å². The lowest BCUT2D eigenvalue weighted by molar-refractivity contribution is -0.118. The molecule has 1 atom stereocenters. The second-order valence-electron chi connectivity index (χ2n) is 4.03. The van der Waals surface area contributed by atoms with Crippen molar-refractivity contribution in [3.8, 4) is 5.75 Å². The van der Waals surface area contributed by atoms with Gasteiger partial charge in [-0.1, -0.05) is 12.1 Å². The summed E-state index contributed by atoms with van der Waals surface area (Å²) in [7, 11) is 0. The van der Waals surface area contributed by atoms with Gasteiger partial charge >= 0.3 is 0 Å². The second kappa shape index (κ2) is 4.53. The van der Waals surface area contributed by atoms with Crippen molar-refractivity contribution in [3.05, 3.63) is 29.3 Å². The van der Waals surface area contributed by atoms with Crippen molar-refractivity contribution in [2.45, 2.75) is 25.3 Å². The number of rotatable bonds is 4. The van der Waals surface area contributed by atoms with Crippen LogP contribution in [0, 0.1) is 0 Å². The minimum atomic E-state index is -0.343. The zero-order chi connectivity index (χ0) is 11.5. The van der Waals surface area contributed by atoms with Gasteiger partial charge in [0.15, 0.2) is 0 Å². The van der Waals surface area contributed by atoms with Crippen LogP contribution in [0.4, 0.5) is 0 Å². The Balaban J connectivity index is 2.08. The molecule has 1 aliphatic carbocycles. The van der Waals surface area contributed by atoms with Gasteiger partial charge in [0.1, 0.15) is 5.75 Å². The van der Waals surface area contributed by atoms with Crippen LogP contribution in [0.25, 0.3) is 0 Å². The molecule has 1 amide bonds. The number of amides is 1. The molecule has 4 nitrogen and oxygen atoms in total. The SMILES string of the molecule is NC(=O)CCOc1cccc2c1CCC2N. The van der Waals surface area contributed by atoms with Crippen molar-refractivity contribution in [2.24, 2.45) is 11.5 Å². The molecular formula is C12H16N2O2. The van der Waals surface area contributed by atoms with Gasteiger partial charge in [0, 0.05) is 6.04 Å². The standard InChI is InChI=1S/C12H16N2O2/c13-10-5-4-9-8(10)2-1-3-11(9)16-7-6-12(14)15/h1-3,10H,4-7,13H2,(H2,14,15). The molecule has 0 heterocycles. The van der Waals surface area contributed by atoms with E-state index in [0.717, 1.165) is 24.2 Å². The van der Waals surface area contributed by atoms with Crippen LogP contribution in [0.1, 0.15) is 30.0 Å². The topological polar surface area (TPSA) is 78.3 Å². The first-order valence-electron chi connectivity index (χ1n) is 5.47. The largest absolute Gasteiger partial charge is 0.493 e. The molecule has 0 saturated carbocycles. The third kappa shape index (κ3) is 2.17. The first-order chi connectivity index (χ1) is 7.68. The van der Waals surface area contributed by atoms with Crippen LogP contribution in [0.5, 0.6) is 5.75 Å². The van der Waals surface area contributed by atoms with Crippen LogP contribution < -0.4 is 16.2 Å². The summed E-state index contributed by atoms with van der Waals surface area (Å²) in [6.45, 7) is 0.334. The van der Waals surface area contributed by atoms with Crippen LogP contribution in [0.15, 0.2) is 18.2 Å². The quantitative estimate of drug-likeness (QED) is 0.790. The first kappa shape index (κ1) is 11.0. The maximum absolute atomic E-state index is 10.6. The number of carbonyl (C=O) groups is 1. The summed E-state index contributed by atoms with van der Waals surface area (Å²) in [6, 6.07) is 6.00. The molecule has 86 valence electrons. The summed E-state index contributed by atoms with van der Waals surface area (Å²) >= 11 is 0. The number of carbonyl (C=O) groups excluding carboxylic acids is 1. The molecule has 0 saturated heterocycles. The minimum absolute atomic E-state index is 0.120. The summed E-state index contributed by atoms with van der Waals surface area (Å²) in [4.78, 5) is 10.6. The Bertz CT molecular complexity index is 404. The Hall–Kier alpha value is -1.55. The molecule has 0 bridgehead atoms. The third-order valence-corrected chi connectivity index (χ3v) is 2.88. The fourth-order valence-corrected chi connectivity index (χ4v) is 2.05. The highest BCUT2D eigenvalue weighted by atomic mass is 16.5. The van der Waals surface area contributed by atoms with Crippen molar-refractivity contribution in [3.63, 3.8) is 0 Å². The Morgan fingerprint density at radius 3 is 3.06 bits per heavy atom. The van der Waals surface area contributed by atoms with E-state index in [1.165, 1.54) is 5.56 Å². The zero-order valence-corrected chi connectivity index (χ0v) is 9.11. The molecule has 0 aromatic heterocycles. The molecule has 4 N–H and O–H groups in total. The number of fused-ring (bicyclic) bond motifs is 1. The number of primary amides is 1. The Morgan fingerprint density at radius 2 is 2.31 bits per heavy atom. The summed E-state index contributed by atoms with van der Waals surface area (Å²) < 4.78 is 5.55. The third-order valence-electron chi connectivity index (χ3n) is 2.88. The van der Waals surface area contributed by atoms with E-state index in [-0.39, 0.29) is 18.4 Å². The van der Waals surface area contributed by atoms with Gasteiger partial charge in [-0.25, -0.2) is 0 Å². The predicted molar refractivity (Wildman–Crippen MR) is 61.0 cm³/mol. The van der Waals surface area contributed by atoms with Crippen LogP contribution in [0.3, 0.4) is 0 Å². The van der Waals surface area contributed by atoms with Crippen molar-refractivity contribution >= 4 is 5.91 Å². The molecule has 0 fully saturated rings. The lowest BCUT2D eigenvalue weighted by atomic mass is 10.1. The van der Waals surface area contributed by atoms with E-state index >= 15 is 0 Å². The van der Waals surface area contributed by atoms with Gasteiger partial charge in [0.25, 0.3) is 0 Å². The highest BCUT2D eigenvalue weighted by molar-refractivity contribution is 5.73. The number of ether oxygens (including phenoxy) is 1. The summed E-state index contributed by atoms with van der Waals surface area (Å²) in [5, 5.41) is 0. The lowest BCUT2D eigenvalue weighted by Gasteiger charge is -2.10. The minimum Gasteiger partial charge on any atom is -0.493 e. The smallest absolute Gasteiger partial charge is 0.220 e. The lowest BCUT2D eigenvalue weighted by Crippen LogP contribution is -2.15. The van der Waals surface area contributed by atoms with Crippen LogP contribution in [-0.4, -0.2) is 12.5 Å². The zero-order valence-electron chi connectivity index (χ0n) is 9.11. The average molecular weight is 220 g/mol. The number of benzene rings is 1. The highest BCUT2D eigenvalue weighted by Crippen LogP contribution is 2.35. The molecule has 16 heavy (non-hydrogen) atoms. The molecule has 1 aliphatic rings. The normalized spacial score (nSPS) is 18.2. The van der Waals surface area contributed by atoms with Gasteiger partial charge in [0.05, 0.1) is 13.0 Å². The number of hydrogen-bond donors (Lipinski definition) is 2. The molecule has 1 aromatic carbocycles. The van der Waals surface area contributed by atoms with Gasteiger partial charge in [0.2, 0.25) is 5.91 Å². The molecule has 0 radical (unpaired) electrons. The number of nitrogens with two attached hydrogens (primary N) is 2. The molecule has 0 aliphatic heterocycles. The second-order valence-corrected chi connectivity index (χ2v) is 4.03. The molecule has 0 spiro atoms. The van der Waals surface area contributed by atoms with Crippen molar-refractivity contribution in [2.75, 3.05) is 6.61 Å². The van der Waals surface area contributed by atoms with E-state index in [1.54, 1.807) is 0 Å². The molecule has 1 aromatic rings. The summed E-state index contributed by atoms with van der Waals surface area (Å²) in [5.74, 6) is 0.496. The van der Waals surface area contributed by atoms with Crippen LogP contribution in [-0.2, 0) is 11.2 Å². The van der Waals surface area contributed by atoms with E-state index in [1.807, 2.05) is 18.2 Å².